The number of aliphatic hydroxyl groups is 2. The molecule has 1 unspecified atom stereocenters. The molecule has 0 saturated heterocycles. The highest BCUT2D eigenvalue weighted by Gasteiger charge is 2.38. The lowest BCUT2D eigenvalue weighted by Crippen LogP contribution is -2.34. The van der Waals surface area contributed by atoms with Gasteiger partial charge in [0.1, 0.15) is 22.8 Å². The lowest BCUT2D eigenvalue weighted by molar-refractivity contribution is 0.0292. The molecule has 0 fully saturated rings. The Bertz CT molecular complexity index is 726. The van der Waals surface area contributed by atoms with Gasteiger partial charge in [0.15, 0.2) is 0 Å². The van der Waals surface area contributed by atoms with Gasteiger partial charge in [-0.05, 0) is 29.7 Å². The van der Waals surface area contributed by atoms with Crippen molar-refractivity contribution in [3.05, 3.63) is 53.1 Å². The van der Waals surface area contributed by atoms with Gasteiger partial charge in [-0.2, -0.15) is 0 Å². The van der Waals surface area contributed by atoms with Crippen LogP contribution in [0.5, 0.6) is 17.2 Å². The van der Waals surface area contributed by atoms with Crippen LogP contribution in [0.2, 0.25) is 0 Å². The highest BCUT2D eigenvalue weighted by molar-refractivity contribution is 5.51. The van der Waals surface area contributed by atoms with E-state index in [-0.39, 0.29) is 12.5 Å². The van der Waals surface area contributed by atoms with E-state index in [9.17, 15) is 10.2 Å². The van der Waals surface area contributed by atoms with Gasteiger partial charge < -0.3 is 24.4 Å². The van der Waals surface area contributed by atoms with E-state index < -0.39 is 5.60 Å². The Morgan fingerprint density at radius 1 is 0.920 bits per heavy atom. The molecule has 0 aromatic heterocycles. The first-order valence-corrected chi connectivity index (χ1v) is 8.15. The monoisotopic (exact) mass is 346 g/mol. The molecule has 1 atom stereocenters. The lowest BCUT2D eigenvalue weighted by Gasteiger charge is -2.35. The van der Waals surface area contributed by atoms with E-state index >= 15 is 0 Å². The number of benzene rings is 2. The number of rotatable bonds is 7. The van der Waals surface area contributed by atoms with Crippen molar-refractivity contribution in [1.82, 2.24) is 0 Å². The summed E-state index contributed by atoms with van der Waals surface area (Å²) in [6, 6.07) is 10.7. The summed E-state index contributed by atoms with van der Waals surface area (Å²) in [7, 11) is 4.69. The Balaban J connectivity index is 2.67. The van der Waals surface area contributed by atoms with E-state index in [4.69, 9.17) is 14.2 Å². The van der Waals surface area contributed by atoms with Crippen molar-refractivity contribution in [2.45, 2.75) is 26.1 Å². The van der Waals surface area contributed by atoms with Crippen LogP contribution < -0.4 is 14.2 Å². The summed E-state index contributed by atoms with van der Waals surface area (Å²) in [5.74, 6) is 1.59. The highest BCUT2D eigenvalue weighted by Crippen LogP contribution is 2.43. The van der Waals surface area contributed by atoms with E-state index in [0.717, 1.165) is 0 Å². The number of aliphatic hydroxyl groups excluding tert-OH is 1. The fourth-order valence-corrected chi connectivity index (χ4v) is 3.03. The zero-order valence-corrected chi connectivity index (χ0v) is 15.4. The van der Waals surface area contributed by atoms with Crippen LogP contribution in [0.15, 0.2) is 36.4 Å². The Morgan fingerprint density at radius 3 is 2.12 bits per heavy atom. The topological polar surface area (TPSA) is 68.2 Å². The highest BCUT2D eigenvalue weighted by atomic mass is 16.5. The van der Waals surface area contributed by atoms with E-state index in [1.54, 1.807) is 51.7 Å². The molecule has 2 aromatic carbocycles. The van der Waals surface area contributed by atoms with Crippen LogP contribution >= 0.6 is 0 Å². The van der Waals surface area contributed by atoms with Crippen molar-refractivity contribution in [2.24, 2.45) is 5.92 Å². The molecular weight excluding hydrogens is 320 g/mol. The van der Waals surface area contributed by atoms with E-state index in [1.165, 1.54) is 0 Å². The fraction of sp³-hybridized carbons (Fsp3) is 0.400. The normalized spacial score (nSPS) is 13.4. The second-order valence-corrected chi connectivity index (χ2v) is 6.17. The second kappa shape index (κ2) is 7.76. The van der Waals surface area contributed by atoms with Crippen molar-refractivity contribution < 1.29 is 24.4 Å². The first-order chi connectivity index (χ1) is 11.9. The fourth-order valence-electron chi connectivity index (χ4n) is 3.03. The van der Waals surface area contributed by atoms with Crippen molar-refractivity contribution in [1.29, 1.82) is 0 Å². The molecule has 0 aliphatic heterocycles. The third-order valence-electron chi connectivity index (χ3n) is 4.55. The van der Waals surface area contributed by atoms with Crippen LogP contribution in [0.1, 0.15) is 30.5 Å². The minimum Gasteiger partial charge on any atom is -0.497 e. The molecule has 0 amide bonds. The summed E-state index contributed by atoms with van der Waals surface area (Å²) in [6.45, 7) is 3.75. The average Bonchev–Trinajstić information content (AvgIpc) is 2.65. The summed E-state index contributed by atoms with van der Waals surface area (Å²) in [5, 5.41) is 21.1. The third kappa shape index (κ3) is 3.43. The Labute approximate surface area is 148 Å². The Hall–Kier alpha value is -2.24. The van der Waals surface area contributed by atoms with Crippen LogP contribution in [0.4, 0.5) is 0 Å². The molecule has 0 saturated carbocycles. The van der Waals surface area contributed by atoms with Crippen LogP contribution in [0, 0.1) is 5.92 Å². The minimum atomic E-state index is -1.29. The number of hydrogen-bond donors (Lipinski definition) is 2. The molecule has 2 N–H and O–H groups in total. The van der Waals surface area contributed by atoms with Gasteiger partial charge in [-0.25, -0.2) is 0 Å². The van der Waals surface area contributed by atoms with Gasteiger partial charge in [-0.3, -0.25) is 0 Å². The summed E-state index contributed by atoms with van der Waals surface area (Å²) in [6.07, 6.45) is 0. The molecule has 5 heteroatoms. The van der Waals surface area contributed by atoms with E-state index in [0.29, 0.717) is 33.9 Å². The number of methoxy groups -OCH3 is 3. The molecule has 25 heavy (non-hydrogen) atoms. The van der Waals surface area contributed by atoms with Gasteiger partial charge in [0.05, 0.1) is 27.9 Å². The van der Waals surface area contributed by atoms with Crippen LogP contribution in [-0.4, -0.2) is 31.5 Å². The molecule has 2 rings (SSSR count). The van der Waals surface area contributed by atoms with Gasteiger partial charge in [-0.15, -0.1) is 0 Å². The van der Waals surface area contributed by atoms with Crippen molar-refractivity contribution in [2.75, 3.05) is 21.3 Å². The summed E-state index contributed by atoms with van der Waals surface area (Å²) in [4.78, 5) is 0. The molecule has 2 aromatic rings. The van der Waals surface area contributed by atoms with Gasteiger partial charge >= 0.3 is 0 Å². The first kappa shape index (κ1) is 19.1. The van der Waals surface area contributed by atoms with Crippen molar-refractivity contribution in [3.8, 4) is 17.2 Å². The molecule has 5 nitrogen and oxygen atoms in total. The molecule has 136 valence electrons. The van der Waals surface area contributed by atoms with Crippen LogP contribution in [0.3, 0.4) is 0 Å². The maximum absolute atomic E-state index is 11.7. The Kier molecular flexibility index (Phi) is 5.93. The molecule has 0 aliphatic rings. The van der Waals surface area contributed by atoms with Crippen LogP contribution in [0.25, 0.3) is 0 Å². The number of ether oxygens (including phenoxy) is 3. The smallest absolute Gasteiger partial charge is 0.129 e. The molecule has 0 bridgehead atoms. The van der Waals surface area contributed by atoms with Gasteiger partial charge in [0, 0.05) is 17.2 Å². The molecule has 0 radical (unpaired) electrons. The van der Waals surface area contributed by atoms with Gasteiger partial charge in [0.25, 0.3) is 0 Å². The largest absolute Gasteiger partial charge is 0.497 e. The summed E-state index contributed by atoms with van der Waals surface area (Å²) in [5.41, 5.74) is 0.683. The van der Waals surface area contributed by atoms with Gasteiger partial charge in [-0.1, -0.05) is 26.0 Å². The first-order valence-electron chi connectivity index (χ1n) is 8.15. The van der Waals surface area contributed by atoms with Gasteiger partial charge in [0.2, 0.25) is 0 Å². The predicted molar refractivity (Wildman–Crippen MR) is 96.3 cm³/mol. The SMILES string of the molecule is COc1ccc(C(O)(c2ccc(CO)c(OC)c2)C(C)C)c(OC)c1. The maximum atomic E-state index is 11.7. The molecule has 0 aliphatic carbocycles. The van der Waals surface area contributed by atoms with E-state index in [1.807, 2.05) is 19.9 Å². The van der Waals surface area contributed by atoms with E-state index in [2.05, 4.69) is 0 Å². The zero-order chi connectivity index (χ0) is 18.6. The van der Waals surface area contributed by atoms with Crippen molar-refractivity contribution in [3.63, 3.8) is 0 Å². The maximum Gasteiger partial charge on any atom is 0.129 e. The summed E-state index contributed by atoms with van der Waals surface area (Å²) < 4.78 is 16.1. The lowest BCUT2D eigenvalue weighted by atomic mass is 9.77. The third-order valence-corrected chi connectivity index (χ3v) is 4.55. The number of hydrogen-bond acceptors (Lipinski definition) is 5. The zero-order valence-electron chi connectivity index (χ0n) is 15.4. The quantitative estimate of drug-likeness (QED) is 0.806. The second-order valence-electron chi connectivity index (χ2n) is 6.17. The Morgan fingerprint density at radius 2 is 1.60 bits per heavy atom. The van der Waals surface area contributed by atoms with Crippen LogP contribution in [-0.2, 0) is 12.2 Å². The molecule has 0 spiro atoms. The molecule has 0 heterocycles. The predicted octanol–water partition coefficient (Wildman–Crippen LogP) is 3.10. The minimum absolute atomic E-state index is 0.130. The average molecular weight is 346 g/mol. The summed E-state index contributed by atoms with van der Waals surface area (Å²) >= 11 is 0. The standard InChI is InChI=1S/C20H26O5/c1-13(2)20(22,15-7-6-14(12-21)18(10-15)24-4)17-9-8-16(23-3)11-19(17)25-5/h6-11,13,21-22H,12H2,1-5H3. The van der Waals surface area contributed by atoms with Crippen molar-refractivity contribution >= 4 is 0 Å². The molecular formula is C20H26O5.